The van der Waals surface area contributed by atoms with Gasteiger partial charge in [0.1, 0.15) is 0 Å². The average Bonchev–Trinajstić information content (AvgIpc) is 3.22. The third-order valence-corrected chi connectivity index (χ3v) is 5.86. The van der Waals surface area contributed by atoms with E-state index in [1.165, 1.54) is 4.90 Å². The summed E-state index contributed by atoms with van der Waals surface area (Å²) >= 11 is 0. The fraction of sp³-hybridized carbons (Fsp3) is 0.476. The van der Waals surface area contributed by atoms with Gasteiger partial charge in [-0.05, 0) is 49.3 Å². The molecule has 2 aliphatic heterocycles. The molecule has 3 amide bonds. The molecule has 3 aliphatic rings. The van der Waals surface area contributed by atoms with E-state index in [9.17, 15) is 14.4 Å². The number of allylic oxidation sites excluding steroid dienone is 2. The average molecular weight is 368 g/mol. The molecule has 2 heterocycles. The van der Waals surface area contributed by atoms with Crippen molar-refractivity contribution in [2.24, 2.45) is 11.8 Å². The number of fused-ring (bicyclic) bond motifs is 2. The van der Waals surface area contributed by atoms with Crippen LogP contribution in [0.4, 0.5) is 0 Å². The van der Waals surface area contributed by atoms with E-state index in [0.717, 1.165) is 25.9 Å². The molecular weight excluding hydrogens is 344 g/mol. The van der Waals surface area contributed by atoms with Crippen LogP contribution in [0.15, 0.2) is 30.4 Å². The van der Waals surface area contributed by atoms with Gasteiger partial charge in [0.15, 0.2) is 0 Å². The number of nitrogens with zero attached hydrogens (tertiary/aromatic N) is 2. The van der Waals surface area contributed by atoms with Gasteiger partial charge in [0.05, 0.1) is 11.1 Å². The Balaban J connectivity index is 1.50. The normalized spacial score (nSPS) is 23.7. The van der Waals surface area contributed by atoms with Crippen LogP contribution in [0.5, 0.6) is 0 Å². The molecule has 1 aromatic rings. The molecule has 0 N–H and O–H groups in total. The number of hydrogen-bond acceptors (Lipinski definition) is 4. The molecule has 1 aromatic carbocycles. The second-order valence-electron chi connectivity index (χ2n) is 7.54. The van der Waals surface area contributed by atoms with Crippen LogP contribution in [-0.4, -0.2) is 60.9 Å². The molecule has 0 saturated carbocycles. The summed E-state index contributed by atoms with van der Waals surface area (Å²) in [7, 11) is 1.59. The molecule has 6 nitrogen and oxygen atoms in total. The molecule has 2 atom stereocenters. The van der Waals surface area contributed by atoms with Crippen LogP contribution in [0, 0.1) is 11.8 Å². The Morgan fingerprint density at radius 1 is 1.07 bits per heavy atom. The number of benzene rings is 1. The first-order valence-electron chi connectivity index (χ1n) is 9.53. The fourth-order valence-electron chi connectivity index (χ4n) is 4.36. The highest BCUT2D eigenvalue weighted by atomic mass is 16.5. The molecule has 6 heteroatoms. The summed E-state index contributed by atoms with van der Waals surface area (Å²) in [5.41, 5.74) is 1.20. The quantitative estimate of drug-likeness (QED) is 0.455. The zero-order chi connectivity index (χ0) is 19.0. The number of likely N-dealkylation sites (tertiary alicyclic amines) is 1. The Kier molecular flexibility index (Phi) is 4.83. The van der Waals surface area contributed by atoms with E-state index >= 15 is 0 Å². The zero-order valence-corrected chi connectivity index (χ0v) is 15.5. The van der Waals surface area contributed by atoms with E-state index in [4.69, 9.17) is 4.74 Å². The topological polar surface area (TPSA) is 66.9 Å². The van der Waals surface area contributed by atoms with Crippen molar-refractivity contribution in [2.45, 2.75) is 19.3 Å². The zero-order valence-electron chi connectivity index (χ0n) is 15.5. The highest BCUT2D eigenvalue weighted by Crippen LogP contribution is 2.34. The molecule has 1 saturated heterocycles. The first-order chi connectivity index (χ1) is 13.1. The van der Waals surface area contributed by atoms with E-state index in [-0.39, 0.29) is 17.7 Å². The molecule has 1 aliphatic carbocycles. The molecule has 0 radical (unpaired) electrons. The molecule has 0 spiro atoms. The molecule has 1 fully saturated rings. The highest BCUT2D eigenvalue weighted by molar-refractivity contribution is 6.22. The van der Waals surface area contributed by atoms with Crippen LogP contribution in [0.1, 0.15) is 50.3 Å². The summed E-state index contributed by atoms with van der Waals surface area (Å²) < 4.78 is 4.99. The molecule has 4 rings (SSSR count). The summed E-state index contributed by atoms with van der Waals surface area (Å²) in [5, 5.41) is 0. The predicted octanol–water partition coefficient (Wildman–Crippen LogP) is 2.36. The molecule has 2 unspecified atom stereocenters. The van der Waals surface area contributed by atoms with E-state index in [2.05, 4.69) is 12.2 Å². The summed E-state index contributed by atoms with van der Waals surface area (Å²) in [5.74, 6) is 0.412. The van der Waals surface area contributed by atoms with E-state index in [1.807, 2.05) is 4.90 Å². The smallest absolute Gasteiger partial charge is 0.261 e. The van der Waals surface area contributed by atoms with Gasteiger partial charge in [0, 0.05) is 38.9 Å². The molecule has 0 bridgehead atoms. The molecule has 142 valence electrons. The lowest BCUT2D eigenvalue weighted by Gasteiger charge is -2.17. The van der Waals surface area contributed by atoms with Crippen molar-refractivity contribution in [1.29, 1.82) is 0 Å². The predicted molar refractivity (Wildman–Crippen MR) is 99.6 cm³/mol. The van der Waals surface area contributed by atoms with Crippen molar-refractivity contribution in [3.05, 3.63) is 47.0 Å². The van der Waals surface area contributed by atoms with Gasteiger partial charge in [-0.15, -0.1) is 0 Å². The Labute approximate surface area is 158 Å². The number of amides is 3. The van der Waals surface area contributed by atoms with Gasteiger partial charge in [-0.25, -0.2) is 0 Å². The van der Waals surface area contributed by atoms with Crippen molar-refractivity contribution >= 4 is 17.7 Å². The van der Waals surface area contributed by atoms with Gasteiger partial charge in [-0.3, -0.25) is 19.3 Å². The van der Waals surface area contributed by atoms with Crippen molar-refractivity contribution in [3.8, 4) is 0 Å². The molecule has 0 aromatic heterocycles. The van der Waals surface area contributed by atoms with Gasteiger partial charge in [-0.2, -0.15) is 0 Å². The van der Waals surface area contributed by atoms with Crippen molar-refractivity contribution in [3.63, 3.8) is 0 Å². The maximum Gasteiger partial charge on any atom is 0.261 e. The lowest BCUT2D eigenvalue weighted by atomic mass is 9.86. The monoisotopic (exact) mass is 368 g/mol. The largest absolute Gasteiger partial charge is 0.385 e. The van der Waals surface area contributed by atoms with Gasteiger partial charge in [-0.1, -0.05) is 12.2 Å². The lowest BCUT2D eigenvalue weighted by molar-refractivity contribution is 0.0638. The van der Waals surface area contributed by atoms with E-state index in [1.54, 1.807) is 25.3 Å². The summed E-state index contributed by atoms with van der Waals surface area (Å²) in [6.45, 7) is 2.34. The number of hydrogen-bond donors (Lipinski definition) is 0. The van der Waals surface area contributed by atoms with Gasteiger partial charge in [0.25, 0.3) is 17.7 Å². The fourth-order valence-corrected chi connectivity index (χ4v) is 4.36. The van der Waals surface area contributed by atoms with Crippen LogP contribution >= 0.6 is 0 Å². The minimum Gasteiger partial charge on any atom is -0.385 e. The first-order valence-corrected chi connectivity index (χ1v) is 9.53. The number of imide groups is 1. The van der Waals surface area contributed by atoms with Crippen LogP contribution in [0.3, 0.4) is 0 Å². The minimum absolute atomic E-state index is 0.0507. The van der Waals surface area contributed by atoms with Gasteiger partial charge in [0.2, 0.25) is 0 Å². The first kappa shape index (κ1) is 17.9. The van der Waals surface area contributed by atoms with E-state index in [0.29, 0.717) is 48.1 Å². The standard InChI is InChI=1S/C21H24N2O4/c1-27-10-4-9-23-20(25)17-8-7-14(11-18(17)21(23)26)19(24)22-12-15-5-2-3-6-16(15)13-22/h2-3,7-8,11,15-16H,4-6,9-10,12-13H2,1H3. The van der Waals surface area contributed by atoms with Gasteiger partial charge < -0.3 is 9.64 Å². The summed E-state index contributed by atoms with van der Waals surface area (Å²) in [6, 6.07) is 4.88. The second-order valence-corrected chi connectivity index (χ2v) is 7.54. The Morgan fingerprint density at radius 2 is 1.74 bits per heavy atom. The lowest BCUT2D eigenvalue weighted by Crippen LogP contribution is -2.31. The van der Waals surface area contributed by atoms with Crippen LogP contribution in [-0.2, 0) is 4.74 Å². The van der Waals surface area contributed by atoms with Crippen LogP contribution < -0.4 is 0 Å². The third kappa shape index (κ3) is 3.18. The van der Waals surface area contributed by atoms with Crippen LogP contribution in [0.25, 0.3) is 0 Å². The highest BCUT2D eigenvalue weighted by Gasteiger charge is 2.38. The SMILES string of the molecule is COCCCN1C(=O)c2ccc(C(=O)N3CC4CC=CCC4C3)cc2C1=O. The Morgan fingerprint density at radius 3 is 2.41 bits per heavy atom. The number of carbonyl (C=O) groups excluding carboxylic acids is 3. The third-order valence-electron chi connectivity index (χ3n) is 5.86. The minimum atomic E-state index is -0.319. The summed E-state index contributed by atoms with van der Waals surface area (Å²) in [4.78, 5) is 41.2. The van der Waals surface area contributed by atoms with Crippen LogP contribution in [0.2, 0.25) is 0 Å². The molecular formula is C21H24N2O4. The van der Waals surface area contributed by atoms with Crippen molar-refractivity contribution < 1.29 is 19.1 Å². The number of methoxy groups -OCH3 is 1. The number of rotatable bonds is 5. The van der Waals surface area contributed by atoms with Gasteiger partial charge >= 0.3 is 0 Å². The van der Waals surface area contributed by atoms with Crippen molar-refractivity contribution in [2.75, 3.05) is 33.4 Å². The second kappa shape index (κ2) is 7.27. The Bertz CT molecular complexity index is 800. The maximum absolute atomic E-state index is 12.9. The number of carbonyl (C=O) groups is 3. The van der Waals surface area contributed by atoms with Crippen molar-refractivity contribution in [1.82, 2.24) is 9.80 Å². The van der Waals surface area contributed by atoms with E-state index < -0.39 is 0 Å². The maximum atomic E-state index is 12.9. The summed E-state index contributed by atoms with van der Waals surface area (Å²) in [6.07, 6.45) is 7.06. The Hall–Kier alpha value is -2.47. The molecule has 27 heavy (non-hydrogen) atoms. The number of ether oxygens (including phenoxy) is 1.